The number of hydrogen-bond donors (Lipinski definition) is 1. The summed E-state index contributed by atoms with van der Waals surface area (Å²) in [5.74, 6) is -0.967. The van der Waals surface area contributed by atoms with Gasteiger partial charge in [0.1, 0.15) is 11.9 Å². The Morgan fingerprint density at radius 3 is 2.33 bits per heavy atom. The first-order valence-corrected chi connectivity index (χ1v) is 7.81. The van der Waals surface area contributed by atoms with Gasteiger partial charge in [-0.15, -0.1) is 0 Å². The second-order valence-electron chi connectivity index (χ2n) is 5.57. The largest absolute Gasteiger partial charge is 0.357 e. The normalized spacial score (nSPS) is 11.6. The van der Waals surface area contributed by atoms with E-state index in [0.29, 0.717) is 12.1 Å². The molecule has 1 atom stereocenters. The molecule has 2 amide bonds. The molecule has 126 valence electrons. The summed E-state index contributed by atoms with van der Waals surface area (Å²) in [6.45, 7) is 1.96. The maximum atomic E-state index is 13.8. The molecule has 2 rings (SSSR count). The third-order valence-corrected chi connectivity index (χ3v) is 3.91. The summed E-state index contributed by atoms with van der Waals surface area (Å²) < 4.78 is 13.8. The van der Waals surface area contributed by atoms with Crippen LogP contribution in [0.3, 0.4) is 0 Å². The number of carbonyl (C=O) groups is 2. The average Bonchev–Trinajstić information content (AvgIpc) is 2.61. The molecule has 2 aromatic carbocycles. The van der Waals surface area contributed by atoms with Crippen LogP contribution in [0.4, 0.5) is 4.39 Å². The van der Waals surface area contributed by atoms with E-state index in [1.165, 1.54) is 18.0 Å². The van der Waals surface area contributed by atoms with Gasteiger partial charge in [-0.05, 0) is 24.1 Å². The molecule has 0 fully saturated rings. The van der Waals surface area contributed by atoms with Crippen molar-refractivity contribution < 1.29 is 14.0 Å². The summed E-state index contributed by atoms with van der Waals surface area (Å²) in [4.78, 5) is 26.2. The Hall–Kier alpha value is -2.69. The van der Waals surface area contributed by atoms with Crippen molar-refractivity contribution in [2.24, 2.45) is 0 Å². The van der Waals surface area contributed by atoms with Gasteiger partial charge in [0.15, 0.2) is 0 Å². The lowest BCUT2D eigenvalue weighted by Crippen LogP contribution is -2.47. The molecule has 0 aromatic heterocycles. The molecule has 2 aromatic rings. The highest BCUT2D eigenvalue weighted by Crippen LogP contribution is 2.14. The highest BCUT2D eigenvalue weighted by Gasteiger charge is 2.25. The van der Waals surface area contributed by atoms with Crippen LogP contribution in [0.25, 0.3) is 0 Å². The van der Waals surface area contributed by atoms with Crippen LogP contribution in [-0.2, 0) is 22.6 Å². The highest BCUT2D eigenvalue weighted by molar-refractivity contribution is 5.88. The standard InChI is InChI=1S/C19H21FN2O2/c1-14(19(24)21-2)22(13-15-8-4-3-5-9-15)18(23)12-16-10-6-7-11-17(16)20/h3-11,14H,12-13H2,1-2H3,(H,21,24)/t14-/m0/s1. The minimum atomic E-state index is -0.644. The van der Waals surface area contributed by atoms with Gasteiger partial charge in [0.05, 0.1) is 6.42 Å². The molecule has 0 saturated carbocycles. The molecule has 0 aliphatic carbocycles. The van der Waals surface area contributed by atoms with Crippen LogP contribution >= 0.6 is 0 Å². The van der Waals surface area contributed by atoms with Gasteiger partial charge in [0.2, 0.25) is 11.8 Å². The van der Waals surface area contributed by atoms with Gasteiger partial charge in [0.25, 0.3) is 0 Å². The van der Waals surface area contributed by atoms with E-state index in [9.17, 15) is 14.0 Å². The smallest absolute Gasteiger partial charge is 0.242 e. The van der Waals surface area contributed by atoms with Gasteiger partial charge in [-0.25, -0.2) is 4.39 Å². The van der Waals surface area contributed by atoms with Gasteiger partial charge in [-0.1, -0.05) is 48.5 Å². The number of hydrogen-bond acceptors (Lipinski definition) is 2. The zero-order chi connectivity index (χ0) is 17.5. The predicted octanol–water partition coefficient (Wildman–Crippen LogP) is 2.53. The van der Waals surface area contributed by atoms with E-state index in [0.717, 1.165) is 5.56 Å². The van der Waals surface area contributed by atoms with Crippen LogP contribution in [0.2, 0.25) is 0 Å². The first kappa shape index (κ1) is 17.7. The Morgan fingerprint density at radius 2 is 1.71 bits per heavy atom. The Balaban J connectivity index is 2.22. The van der Waals surface area contributed by atoms with Gasteiger partial charge >= 0.3 is 0 Å². The summed E-state index contributed by atoms with van der Waals surface area (Å²) >= 11 is 0. The number of rotatable bonds is 6. The molecule has 0 aliphatic heterocycles. The average molecular weight is 328 g/mol. The molecule has 1 N–H and O–H groups in total. The van der Waals surface area contributed by atoms with Gasteiger partial charge < -0.3 is 10.2 Å². The summed E-state index contributed by atoms with van der Waals surface area (Å²) in [5.41, 5.74) is 1.24. The van der Waals surface area contributed by atoms with Crippen molar-refractivity contribution in [1.82, 2.24) is 10.2 Å². The van der Waals surface area contributed by atoms with Crippen LogP contribution in [0.15, 0.2) is 54.6 Å². The second-order valence-corrected chi connectivity index (χ2v) is 5.57. The number of nitrogens with zero attached hydrogens (tertiary/aromatic N) is 1. The van der Waals surface area contributed by atoms with Crippen LogP contribution in [0.5, 0.6) is 0 Å². The van der Waals surface area contributed by atoms with Crippen molar-refractivity contribution in [1.29, 1.82) is 0 Å². The van der Waals surface area contributed by atoms with E-state index in [4.69, 9.17) is 0 Å². The Morgan fingerprint density at radius 1 is 1.08 bits per heavy atom. The van der Waals surface area contributed by atoms with Crippen molar-refractivity contribution in [2.75, 3.05) is 7.05 Å². The molecule has 0 unspecified atom stereocenters. The Kier molecular flexibility index (Phi) is 6.07. The first-order valence-electron chi connectivity index (χ1n) is 7.81. The molecular weight excluding hydrogens is 307 g/mol. The van der Waals surface area contributed by atoms with Crippen molar-refractivity contribution in [3.8, 4) is 0 Å². The molecule has 4 nitrogen and oxygen atoms in total. The maximum Gasteiger partial charge on any atom is 0.242 e. The summed E-state index contributed by atoms with van der Waals surface area (Å²) in [7, 11) is 1.53. The van der Waals surface area contributed by atoms with E-state index in [2.05, 4.69) is 5.32 Å². The van der Waals surface area contributed by atoms with Gasteiger partial charge in [0, 0.05) is 13.6 Å². The first-order chi connectivity index (χ1) is 11.5. The topological polar surface area (TPSA) is 49.4 Å². The van der Waals surface area contributed by atoms with Crippen LogP contribution in [0.1, 0.15) is 18.1 Å². The van der Waals surface area contributed by atoms with Crippen molar-refractivity contribution in [2.45, 2.75) is 25.9 Å². The third-order valence-electron chi connectivity index (χ3n) is 3.91. The molecule has 0 spiro atoms. The van der Waals surface area contributed by atoms with E-state index in [1.54, 1.807) is 25.1 Å². The minimum absolute atomic E-state index is 0.0825. The van der Waals surface area contributed by atoms with Crippen LogP contribution in [0, 0.1) is 5.82 Å². The molecule has 0 heterocycles. The van der Waals surface area contributed by atoms with E-state index in [-0.39, 0.29) is 18.2 Å². The molecule has 24 heavy (non-hydrogen) atoms. The quantitative estimate of drug-likeness (QED) is 0.886. The number of likely N-dealkylation sites (N-methyl/N-ethyl adjacent to an activating group) is 1. The molecule has 0 radical (unpaired) electrons. The van der Waals surface area contributed by atoms with Crippen LogP contribution < -0.4 is 5.32 Å². The zero-order valence-corrected chi connectivity index (χ0v) is 13.8. The van der Waals surface area contributed by atoms with Crippen molar-refractivity contribution in [3.63, 3.8) is 0 Å². The SMILES string of the molecule is CNC(=O)[C@H](C)N(Cc1ccccc1)C(=O)Cc1ccccc1F. The molecule has 0 saturated heterocycles. The van der Waals surface area contributed by atoms with Crippen molar-refractivity contribution >= 4 is 11.8 Å². The summed E-state index contributed by atoms with van der Waals surface area (Å²) in [6.07, 6.45) is -0.0825. The Bertz CT molecular complexity index is 704. The summed E-state index contributed by atoms with van der Waals surface area (Å²) in [5, 5.41) is 2.55. The highest BCUT2D eigenvalue weighted by atomic mass is 19.1. The zero-order valence-electron chi connectivity index (χ0n) is 13.8. The Labute approximate surface area is 141 Å². The predicted molar refractivity (Wildman–Crippen MR) is 90.6 cm³/mol. The number of benzene rings is 2. The van der Waals surface area contributed by atoms with E-state index >= 15 is 0 Å². The van der Waals surface area contributed by atoms with Gasteiger partial charge in [-0.3, -0.25) is 9.59 Å². The van der Waals surface area contributed by atoms with Gasteiger partial charge in [-0.2, -0.15) is 0 Å². The monoisotopic (exact) mass is 328 g/mol. The van der Waals surface area contributed by atoms with Crippen molar-refractivity contribution in [3.05, 3.63) is 71.5 Å². The fraction of sp³-hybridized carbons (Fsp3) is 0.263. The number of carbonyl (C=O) groups excluding carboxylic acids is 2. The second kappa shape index (κ2) is 8.24. The lowest BCUT2D eigenvalue weighted by atomic mass is 10.1. The number of amides is 2. The van der Waals surface area contributed by atoms with Crippen LogP contribution in [-0.4, -0.2) is 29.8 Å². The lowest BCUT2D eigenvalue weighted by molar-refractivity contribution is -0.139. The minimum Gasteiger partial charge on any atom is -0.357 e. The van der Waals surface area contributed by atoms with E-state index in [1.807, 2.05) is 30.3 Å². The number of nitrogens with one attached hydrogen (secondary N) is 1. The fourth-order valence-corrected chi connectivity index (χ4v) is 2.48. The van der Waals surface area contributed by atoms with E-state index < -0.39 is 11.9 Å². The fourth-order valence-electron chi connectivity index (χ4n) is 2.48. The molecule has 5 heteroatoms. The molecular formula is C19H21FN2O2. The number of halogens is 1. The molecule has 0 bridgehead atoms. The lowest BCUT2D eigenvalue weighted by Gasteiger charge is -2.28. The summed E-state index contributed by atoms with van der Waals surface area (Å²) in [6, 6.07) is 14.9. The maximum absolute atomic E-state index is 13.8. The molecule has 0 aliphatic rings. The third kappa shape index (κ3) is 4.41.